The fourth-order valence-corrected chi connectivity index (χ4v) is 4.46. The van der Waals surface area contributed by atoms with Crippen molar-refractivity contribution in [2.75, 3.05) is 27.2 Å². The summed E-state index contributed by atoms with van der Waals surface area (Å²) in [6.07, 6.45) is 1.19. The van der Waals surface area contributed by atoms with E-state index in [1.54, 1.807) is 19.9 Å². The van der Waals surface area contributed by atoms with E-state index in [1.807, 2.05) is 32.3 Å². The van der Waals surface area contributed by atoms with Crippen LogP contribution in [-0.2, 0) is 24.2 Å². The molecular formula is C24H29BrN6O4. The van der Waals surface area contributed by atoms with E-state index in [4.69, 9.17) is 4.52 Å². The molecule has 1 saturated heterocycles. The van der Waals surface area contributed by atoms with Gasteiger partial charge in [-0.25, -0.2) is 4.79 Å². The van der Waals surface area contributed by atoms with Gasteiger partial charge in [0.05, 0.1) is 6.54 Å². The lowest BCUT2D eigenvalue weighted by Gasteiger charge is -2.16. The summed E-state index contributed by atoms with van der Waals surface area (Å²) in [7, 11) is 3.97. The maximum absolute atomic E-state index is 13.1. The maximum atomic E-state index is 13.1. The average molecular weight is 545 g/mol. The van der Waals surface area contributed by atoms with Crippen LogP contribution in [0, 0.1) is 0 Å². The van der Waals surface area contributed by atoms with E-state index in [0.29, 0.717) is 28.9 Å². The van der Waals surface area contributed by atoms with Crippen molar-refractivity contribution in [1.29, 1.82) is 0 Å². The van der Waals surface area contributed by atoms with Gasteiger partial charge in [0.15, 0.2) is 5.76 Å². The molecule has 0 bridgehead atoms. The predicted octanol–water partition coefficient (Wildman–Crippen LogP) is 2.83. The van der Waals surface area contributed by atoms with Crippen molar-refractivity contribution < 1.29 is 18.9 Å². The Hall–Kier alpha value is -3.18. The van der Waals surface area contributed by atoms with Crippen molar-refractivity contribution in [3.05, 3.63) is 51.4 Å². The molecule has 4 rings (SSSR count). The summed E-state index contributed by atoms with van der Waals surface area (Å²) in [4.78, 5) is 44.3. The molecule has 10 nitrogen and oxygen atoms in total. The fraction of sp³-hybridized carbons (Fsp3) is 0.417. The largest absolute Gasteiger partial charge is 0.358 e. The first kappa shape index (κ1) is 24.9. The molecule has 0 atom stereocenters. The number of carbonyl (C=O) groups is 3. The number of carbonyl (C=O) groups excluding carboxylic acids is 3. The van der Waals surface area contributed by atoms with Crippen LogP contribution in [0.25, 0.3) is 10.9 Å². The quantitative estimate of drug-likeness (QED) is 0.356. The highest BCUT2D eigenvalue weighted by Crippen LogP contribution is 2.26. The summed E-state index contributed by atoms with van der Waals surface area (Å²) >= 11 is 3.23. The summed E-state index contributed by atoms with van der Waals surface area (Å²) in [5.41, 5.74) is 2.37. The minimum absolute atomic E-state index is 0.216. The number of benzene rings is 1. The van der Waals surface area contributed by atoms with Gasteiger partial charge < -0.3 is 25.0 Å². The van der Waals surface area contributed by atoms with Gasteiger partial charge in [-0.15, -0.1) is 0 Å². The van der Waals surface area contributed by atoms with Crippen molar-refractivity contribution in [2.24, 2.45) is 0 Å². The predicted molar refractivity (Wildman–Crippen MR) is 134 cm³/mol. The molecular weight excluding hydrogens is 516 g/mol. The van der Waals surface area contributed by atoms with E-state index in [9.17, 15) is 14.4 Å². The number of likely N-dealkylation sites (N-methyl/N-ethyl adjacent to an activating group) is 1. The van der Waals surface area contributed by atoms with Crippen LogP contribution < -0.4 is 10.6 Å². The number of hydrogen-bond donors (Lipinski definition) is 3. The SMILES string of the molecule is CN(C)CCc1c(C(=O)NCc2cc(Br)no2)[nH]c2ccc(CCN3C(=O)NC(C)(C)C3=O)cc12. The molecule has 4 amide bonds. The second kappa shape index (κ2) is 9.82. The number of H-pyrrole nitrogens is 1. The molecule has 0 spiro atoms. The number of nitrogens with one attached hydrogen (secondary N) is 3. The maximum Gasteiger partial charge on any atom is 0.325 e. The molecule has 0 aliphatic carbocycles. The number of amides is 4. The normalized spacial score (nSPS) is 15.3. The van der Waals surface area contributed by atoms with Crippen LogP contribution >= 0.6 is 15.9 Å². The van der Waals surface area contributed by atoms with Crippen LogP contribution in [0.5, 0.6) is 0 Å². The van der Waals surface area contributed by atoms with Crippen molar-refractivity contribution in [3.63, 3.8) is 0 Å². The first-order valence-electron chi connectivity index (χ1n) is 11.4. The Kier molecular flexibility index (Phi) is 7.00. The molecule has 0 saturated carbocycles. The van der Waals surface area contributed by atoms with Crippen LogP contribution in [0.4, 0.5) is 4.79 Å². The molecule has 1 aliphatic rings. The van der Waals surface area contributed by atoms with Gasteiger partial charge in [-0.3, -0.25) is 14.5 Å². The number of imide groups is 1. The summed E-state index contributed by atoms with van der Waals surface area (Å²) < 4.78 is 5.72. The van der Waals surface area contributed by atoms with E-state index in [0.717, 1.165) is 28.6 Å². The molecule has 35 heavy (non-hydrogen) atoms. The third kappa shape index (κ3) is 5.40. The topological polar surface area (TPSA) is 124 Å². The number of urea groups is 1. The van der Waals surface area contributed by atoms with Crippen LogP contribution in [0.3, 0.4) is 0 Å². The van der Waals surface area contributed by atoms with Gasteiger partial charge in [-0.05, 0) is 80.0 Å². The van der Waals surface area contributed by atoms with Gasteiger partial charge in [-0.2, -0.15) is 0 Å². The zero-order chi connectivity index (χ0) is 25.3. The van der Waals surface area contributed by atoms with Gasteiger partial charge in [0.2, 0.25) is 0 Å². The Bertz CT molecular complexity index is 1280. The molecule has 186 valence electrons. The van der Waals surface area contributed by atoms with Gasteiger partial charge >= 0.3 is 6.03 Å². The van der Waals surface area contributed by atoms with Gasteiger partial charge in [0.1, 0.15) is 15.8 Å². The lowest BCUT2D eigenvalue weighted by molar-refractivity contribution is -0.130. The Morgan fingerprint density at radius 3 is 2.63 bits per heavy atom. The molecule has 3 heterocycles. The highest BCUT2D eigenvalue weighted by molar-refractivity contribution is 9.10. The van der Waals surface area contributed by atoms with Gasteiger partial charge in [0, 0.05) is 30.1 Å². The van der Waals surface area contributed by atoms with E-state index >= 15 is 0 Å². The molecule has 3 N–H and O–H groups in total. The van der Waals surface area contributed by atoms with Crippen molar-refractivity contribution in [1.82, 2.24) is 30.6 Å². The molecule has 1 aromatic carbocycles. The van der Waals surface area contributed by atoms with Crippen LogP contribution in [0.1, 0.15) is 41.2 Å². The zero-order valence-electron chi connectivity index (χ0n) is 20.2. The fourth-order valence-electron chi connectivity index (χ4n) is 4.13. The standard InChI is InChI=1S/C24H29BrN6O4/c1-24(2)22(33)31(23(34)28-24)10-7-14-5-6-18-17(11-14)16(8-9-30(3)4)20(27-18)21(32)26-13-15-12-19(25)29-35-15/h5-6,11-12,27H,7-10,13H2,1-4H3,(H,26,32)(H,28,34). The number of halogens is 1. The lowest BCUT2D eigenvalue weighted by atomic mass is 10.0. The summed E-state index contributed by atoms with van der Waals surface area (Å²) in [6.45, 7) is 4.67. The smallest absolute Gasteiger partial charge is 0.325 e. The number of fused-ring (bicyclic) bond motifs is 1. The van der Waals surface area contributed by atoms with E-state index in [1.165, 1.54) is 4.90 Å². The molecule has 1 fully saturated rings. The number of rotatable bonds is 9. The van der Waals surface area contributed by atoms with Gasteiger partial charge in [0.25, 0.3) is 11.8 Å². The number of aromatic nitrogens is 2. The van der Waals surface area contributed by atoms with Crippen molar-refractivity contribution in [3.8, 4) is 0 Å². The minimum atomic E-state index is -0.884. The molecule has 2 aromatic heterocycles. The van der Waals surface area contributed by atoms with Crippen molar-refractivity contribution >= 4 is 44.7 Å². The summed E-state index contributed by atoms with van der Waals surface area (Å²) in [5.74, 6) is 0.0855. The summed E-state index contributed by atoms with van der Waals surface area (Å²) in [5, 5.41) is 10.3. The third-order valence-electron chi connectivity index (χ3n) is 6.03. The highest BCUT2D eigenvalue weighted by Gasteiger charge is 2.43. The first-order chi connectivity index (χ1) is 16.5. The second-order valence-electron chi connectivity index (χ2n) is 9.47. The van der Waals surface area contributed by atoms with E-state index < -0.39 is 5.54 Å². The zero-order valence-corrected chi connectivity index (χ0v) is 21.8. The Labute approximate surface area is 211 Å². The average Bonchev–Trinajstić information content (AvgIpc) is 3.43. The number of hydrogen-bond acceptors (Lipinski definition) is 6. The molecule has 1 aliphatic heterocycles. The molecule has 11 heteroatoms. The molecule has 0 unspecified atom stereocenters. The van der Waals surface area contributed by atoms with Crippen LogP contribution in [0.15, 0.2) is 33.4 Å². The lowest BCUT2D eigenvalue weighted by Crippen LogP contribution is -2.40. The molecule has 0 radical (unpaired) electrons. The third-order valence-corrected chi connectivity index (χ3v) is 6.40. The van der Waals surface area contributed by atoms with Crippen LogP contribution in [0.2, 0.25) is 0 Å². The highest BCUT2D eigenvalue weighted by atomic mass is 79.9. The first-order valence-corrected chi connectivity index (χ1v) is 12.2. The van der Waals surface area contributed by atoms with Crippen LogP contribution in [-0.4, -0.2) is 70.5 Å². The number of aromatic amines is 1. The Balaban J connectivity index is 1.56. The Morgan fingerprint density at radius 1 is 1.23 bits per heavy atom. The summed E-state index contributed by atoms with van der Waals surface area (Å²) in [6, 6.07) is 7.25. The Morgan fingerprint density at radius 2 is 2.00 bits per heavy atom. The van der Waals surface area contributed by atoms with Gasteiger partial charge in [-0.1, -0.05) is 11.2 Å². The second-order valence-corrected chi connectivity index (χ2v) is 10.3. The van der Waals surface area contributed by atoms with Crippen molar-refractivity contribution in [2.45, 2.75) is 38.8 Å². The molecule has 3 aromatic rings. The van der Waals surface area contributed by atoms with E-state index in [-0.39, 0.29) is 30.9 Å². The monoisotopic (exact) mass is 544 g/mol. The van der Waals surface area contributed by atoms with E-state index in [2.05, 4.69) is 41.6 Å². The minimum Gasteiger partial charge on any atom is -0.358 e. The number of nitrogens with zero attached hydrogens (tertiary/aromatic N) is 3.